The Labute approximate surface area is 78.1 Å². The van der Waals surface area contributed by atoms with Crippen LogP contribution in [0.3, 0.4) is 0 Å². The molecular formula is C9H16N2O2. The molecule has 0 aliphatic carbocycles. The molecule has 2 atom stereocenters. The first kappa shape index (κ1) is 10.0. The van der Waals surface area contributed by atoms with E-state index in [1.165, 1.54) is 0 Å². The van der Waals surface area contributed by atoms with Crippen molar-refractivity contribution in [3.05, 3.63) is 0 Å². The molecule has 1 rings (SSSR count). The largest absolute Gasteiger partial charge is 0.343 e. The maximum atomic E-state index is 11.4. The van der Waals surface area contributed by atoms with Crippen LogP contribution in [0, 0.1) is 5.92 Å². The number of amides is 2. The van der Waals surface area contributed by atoms with E-state index >= 15 is 0 Å². The van der Waals surface area contributed by atoms with Gasteiger partial charge in [-0.25, -0.2) is 0 Å². The third-order valence-electron chi connectivity index (χ3n) is 2.09. The van der Waals surface area contributed by atoms with Crippen molar-refractivity contribution in [1.82, 2.24) is 10.6 Å². The van der Waals surface area contributed by atoms with E-state index in [2.05, 4.69) is 10.6 Å². The van der Waals surface area contributed by atoms with Crippen molar-refractivity contribution in [3.8, 4) is 0 Å². The molecule has 1 saturated heterocycles. The first-order chi connectivity index (χ1) is 6.00. The fourth-order valence-corrected chi connectivity index (χ4v) is 1.38. The summed E-state index contributed by atoms with van der Waals surface area (Å²) in [6.07, 6.45) is 0.699. The lowest BCUT2D eigenvalue weighted by atomic mass is 10.0. The van der Waals surface area contributed by atoms with E-state index < -0.39 is 6.04 Å². The van der Waals surface area contributed by atoms with Crippen molar-refractivity contribution in [3.63, 3.8) is 0 Å². The van der Waals surface area contributed by atoms with Crippen LogP contribution in [0.5, 0.6) is 0 Å². The molecule has 0 bridgehead atoms. The molecule has 1 heterocycles. The average Bonchev–Trinajstić information content (AvgIpc) is 1.99. The van der Waals surface area contributed by atoms with Gasteiger partial charge in [0.15, 0.2) is 0 Å². The summed E-state index contributed by atoms with van der Waals surface area (Å²) < 4.78 is 0. The van der Waals surface area contributed by atoms with Gasteiger partial charge >= 0.3 is 0 Å². The van der Waals surface area contributed by atoms with Gasteiger partial charge in [0, 0.05) is 0 Å². The Morgan fingerprint density at radius 2 is 1.85 bits per heavy atom. The molecule has 74 valence electrons. The van der Waals surface area contributed by atoms with Gasteiger partial charge in [-0.2, -0.15) is 0 Å². The zero-order valence-electron chi connectivity index (χ0n) is 8.26. The highest BCUT2D eigenvalue weighted by atomic mass is 16.2. The number of hydrogen-bond donors (Lipinski definition) is 2. The standard InChI is InChI=1S/C9H16N2O2/c1-5(2)4-7-9(13)10-6(3)8(12)11-7/h5-7H,4H2,1-3H3,(H,10,13)(H,11,12)/t6-,7+/m0/s1. The van der Waals surface area contributed by atoms with Gasteiger partial charge in [0.25, 0.3) is 0 Å². The van der Waals surface area contributed by atoms with Crippen LogP contribution < -0.4 is 10.6 Å². The minimum Gasteiger partial charge on any atom is -0.343 e. The lowest BCUT2D eigenvalue weighted by Gasteiger charge is -2.28. The summed E-state index contributed by atoms with van der Waals surface area (Å²) >= 11 is 0. The van der Waals surface area contributed by atoms with Crippen LogP contribution in [0.1, 0.15) is 27.2 Å². The van der Waals surface area contributed by atoms with E-state index in [-0.39, 0.29) is 17.9 Å². The van der Waals surface area contributed by atoms with Gasteiger partial charge in [-0.1, -0.05) is 13.8 Å². The van der Waals surface area contributed by atoms with Crippen molar-refractivity contribution in [2.75, 3.05) is 0 Å². The molecule has 2 N–H and O–H groups in total. The molecule has 13 heavy (non-hydrogen) atoms. The van der Waals surface area contributed by atoms with E-state index in [0.717, 1.165) is 0 Å². The molecule has 0 spiro atoms. The second-order valence-corrected chi connectivity index (χ2v) is 3.92. The molecule has 4 nitrogen and oxygen atoms in total. The number of hydrogen-bond acceptors (Lipinski definition) is 2. The molecule has 2 amide bonds. The van der Waals surface area contributed by atoms with E-state index in [0.29, 0.717) is 12.3 Å². The Bertz CT molecular complexity index is 226. The summed E-state index contributed by atoms with van der Waals surface area (Å²) in [5, 5.41) is 5.33. The molecule has 1 aliphatic heterocycles. The normalized spacial score (nSPS) is 28.6. The summed E-state index contributed by atoms with van der Waals surface area (Å²) in [5.74, 6) is 0.246. The maximum absolute atomic E-state index is 11.4. The minimum atomic E-state index is -0.393. The van der Waals surface area contributed by atoms with E-state index in [4.69, 9.17) is 0 Å². The smallest absolute Gasteiger partial charge is 0.243 e. The molecule has 1 aliphatic rings. The Kier molecular flexibility index (Phi) is 2.90. The number of piperazine rings is 1. The van der Waals surface area contributed by atoms with Crippen molar-refractivity contribution in [2.45, 2.75) is 39.3 Å². The highest BCUT2D eigenvalue weighted by Crippen LogP contribution is 2.08. The Balaban J connectivity index is 2.56. The van der Waals surface area contributed by atoms with Gasteiger partial charge in [-0.3, -0.25) is 9.59 Å². The summed E-state index contributed by atoms with van der Waals surface area (Å²) in [6.45, 7) is 5.73. The van der Waals surface area contributed by atoms with Crippen molar-refractivity contribution in [1.29, 1.82) is 0 Å². The van der Waals surface area contributed by atoms with Gasteiger partial charge < -0.3 is 10.6 Å². The monoisotopic (exact) mass is 184 g/mol. The SMILES string of the molecule is CC(C)C[C@H]1NC(=O)[C@H](C)NC1=O. The van der Waals surface area contributed by atoms with Crippen LogP contribution in [0.2, 0.25) is 0 Å². The van der Waals surface area contributed by atoms with Crippen LogP contribution in [0.15, 0.2) is 0 Å². The van der Waals surface area contributed by atoms with Crippen molar-refractivity contribution >= 4 is 11.8 Å². The summed E-state index contributed by atoms with van der Waals surface area (Å²) in [5.41, 5.74) is 0. The van der Waals surface area contributed by atoms with Gasteiger partial charge in [-0.15, -0.1) is 0 Å². The van der Waals surface area contributed by atoms with E-state index in [9.17, 15) is 9.59 Å². The molecule has 0 aromatic rings. The zero-order chi connectivity index (χ0) is 10.0. The minimum absolute atomic E-state index is 0.0687. The average molecular weight is 184 g/mol. The molecule has 0 unspecified atom stereocenters. The van der Waals surface area contributed by atoms with Crippen molar-refractivity contribution in [2.24, 2.45) is 5.92 Å². The second-order valence-electron chi connectivity index (χ2n) is 3.92. The molecule has 4 heteroatoms. The van der Waals surface area contributed by atoms with Crippen LogP contribution in [0.25, 0.3) is 0 Å². The maximum Gasteiger partial charge on any atom is 0.243 e. The van der Waals surface area contributed by atoms with E-state index in [1.54, 1.807) is 6.92 Å². The predicted molar refractivity (Wildman–Crippen MR) is 49.0 cm³/mol. The fraction of sp³-hybridized carbons (Fsp3) is 0.778. The van der Waals surface area contributed by atoms with Crippen LogP contribution in [0.4, 0.5) is 0 Å². The first-order valence-corrected chi connectivity index (χ1v) is 4.61. The number of nitrogens with one attached hydrogen (secondary N) is 2. The van der Waals surface area contributed by atoms with Gasteiger partial charge in [-0.05, 0) is 19.3 Å². The molecule has 1 fully saturated rings. The highest BCUT2D eigenvalue weighted by molar-refractivity contribution is 5.96. The topological polar surface area (TPSA) is 58.2 Å². The highest BCUT2D eigenvalue weighted by Gasteiger charge is 2.30. The fourth-order valence-electron chi connectivity index (χ4n) is 1.38. The second kappa shape index (κ2) is 3.77. The summed E-state index contributed by atoms with van der Waals surface area (Å²) in [6, 6.07) is -0.736. The quantitative estimate of drug-likeness (QED) is 0.636. The Morgan fingerprint density at radius 3 is 2.38 bits per heavy atom. The predicted octanol–water partition coefficient (Wildman–Crippen LogP) is 0.0356. The number of carbonyl (C=O) groups is 2. The molecule has 0 radical (unpaired) electrons. The molecule has 0 saturated carbocycles. The Morgan fingerprint density at radius 1 is 1.23 bits per heavy atom. The zero-order valence-corrected chi connectivity index (χ0v) is 8.26. The van der Waals surface area contributed by atoms with Crippen molar-refractivity contribution < 1.29 is 9.59 Å². The lowest BCUT2D eigenvalue weighted by Crippen LogP contribution is -2.60. The molecule has 0 aromatic carbocycles. The molecular weight excluding hydrogens is 168 g/mol. The van der Waals surface area contributed by atoms with Gasteiger partial charge in [0.1, 0.15) is 12.1 Å². The summed E-state index contributed by atoms with van der Waals surface area (Å²) in [4.78, 5) is 22.6. The lowest BCUT2D eigenvalue weighted by molar-refractivity contribution is -0.136. The van der Waals surface area contributed by atoms with Crippen LogP contribution in [-0.4, -0.2) is 23.9 Å². The third kappa shape index (κ3) is 2.44. The number of rotatable bonds is 2. The molecule has 0 aromatic heterocycles. The van der Waals surface area contributed by atoms with Crippen LogP contribution in [-0.2, 0) is 9.59 Å². The summed E-state index contributed by atoms with van der Waals surface area (Å²) in [7, 11) is 0. The third-order valence-corrected chi connectivity index (χ3v) is 2.09. The van der Waals surface area contributed by atoms with Gasteiger partial charge in [0.05, 0.1) is 0 Å². The van der Waals surface area contributed by atoms with E-state index in [1.807, 2.05) is 13.8 Å². The van der Waals surface area contributed by atoms with Crippen LogP contribution >= 0.6 is 0 Å². The first-order valence-electron chi connectivity index (χ1n) is 4.61. The Hall–Kier alpha value is -1.06. The van der Waals surface area contributed by atoms with Gasteiger partial charge in [0.2, 0.25) is 11.8 Å². The number of carbonyl (C=O) groups excluding carboxylic acids is 2.